The van der Waals surface area contributed by atoms with Gasteiger partial charge in [-0.25, -0.2) is 4.79 Å². The fraction of sp³-hybridized carbons (Fsp3) is 0.0588. The topological polar surface area (TPSA) is 76.2 Å². The number of benzene rings is 2. The Morgan fingerprint density at radius 2 is 1.62 bits per heavy atom. The molecule has 0 atom stereocenters. The minimum atomic E-state index is -5.08. The van der Waals surface area contributed by atoms with Gasteiger partial charge in [0, 0.05) is 22.8 Å². The summed E-state index contributed by atoms with van der Waals surface area (Å²) >= 11 is 0. The molecule has 0 aliphatic heterocycles. The third-order valence-corrected chi connectivity index (χ3v) is 3.12. The summed E-state index contributed by atoms with van der Waals surface area (Å²) in [6.07, 6.45) is -3.28. The fourth-order valence-electron chi connectivity index (χ4n) is 2.10. The van der Waals surface area contributed by atoms with Crippen molar-refractivity contribution in [3.63, 3.8) is 0 Å². The largest absolute Gasteiger partial charge is 0.490 e. The van der Waals surface area contributed by atoms with Crippen LogP contribution in [0.25, 0.3) is 22.0 Å². The van der Waals surface area contributed by atoms with Gasteiger partial charge >= 0.3 is 12.1 Å². The molecule has 0 bridgehead atoms. The molecule has 2 aromatic carbocycles. The number of nitrogens with two attached hydrogens (primary N) is 1. The van der Waals surface area contributed by atoms with Crippen LogP contribution in [-0.2, 0) is 4.79 Å². The number of alkyl halides is 3. The standard InChI is InChI=1S/C15H12N2.C2HF3O2/c16-13-8-9-14-12(7-4-10-17-14)15(13)11-5-2-1-3-6-11;3-2(4,5)1(6)7/h1-10H,16H2;(H,6,7). The van der Waals surface area contributed by atoms with E-state index in [0.29, 0.717) is 0 Å². The van der Waals surface area contributed by atoms with Crippen LogP contribution in [0, 0.1) is 0 Å². The third-order valence-electron chi connectivity index (χ3n) is 3.12. The molecule has 0 aliphatic carbocycles. The van der Waals surface area contributed by atoms with Crippen LogP contribution in [-0.4, -0.2) is 22.2 Å². The third kappa shape index (κ3) is 4.01. The molecule has 0 amide bonds. The van der Waals surface area contributed by atoms with Crippen LogP contribution in [0.2, 0.25) is 0 Å². The highest BCUT2D eigenvalue weighted by atomic mass is 19.4. The van der Waals surface area contributed by atoms with Crippen LogP contribution in [0.5, 0.6) is 0 Å². The van der Waals surface area contributed by atoms with E-state index < -0.39 is 12.1 Å². The van der Waals surface area contributed by atoms with Crippen LogP contribution in [0.1, 0.15) is 0 Å². The first-order valence-corrected chi connectivity index (χ1v) is 6.79. The minimum Gasteiger partial charge on any atom is -0.475 e. The molecule has 1 heterocycles. The van der Waals surface area contributed by atoms with Gasteiger partial charge in [0.2, 0.25) is 0 Å². The Labute approximate surface area is 135 Å². The van der Waals surface area contributed by atoms with Crippen LogP contribution in [0.3, 0.4) is 0 Å². The predicted molar refractivity (Wildman–Crippen MR) is 85.3 cm³/mol. The van der Waals surface area contributed by atoms with Crippen molar-refractivity contribution in [1.29, 1.82) is 0 Å². The number of nitrogens with zero attached hydrogens (tertiary/aromatic N) is 1. The molecule has 24 heavy (non-hydrogen) atoms. The number of fused-ring (bicyclic) bond motifs is 1. The van der Waals surface area contributed by atoms with Crippen molar-refractivity contribution < 1.29 is 23.1 Å². The van der Waals surface area contributed by atoms with E-state index in [0.717, 1.165) is 27.7 Å². The van der Waals surface area contributed by atoms with Crippen molar-refractivity contribution in [2.75, 3.05) is 5.73 Å². The molecule has 0 radical (unpaired) electrons. The van der Waals surface area contributed by atoms with Gasteiger partial charge < -0.3 is 10.8 Å². The molecule has 3 rings (SSSR count). The summed E-state index contributed by atoms with van der Waals surface area (Å²) < 4.78 is 31.7. The van der Waals surface area contributed by atoms with E-state index in [2.05, 4.69) is 23.2 Å². The highest BCUT2D eigenvalue weighted by Crippen LogP contribution is 2.32. The molecule has 0 spiro atoms. The summed E-state index contributed by atoms with van der Waals surface area (Å²) in [6, 6.07) is 18.0. The number of aliphatic carboxylic acids is 1. The van der Waals surface area contributed by atoms with Crippen LogP contribution < -0.4 is 5.73 Å². The summed E-state index contributed by atoms with van der Waals surface area (Å²) in [5.41, 5.74) is 10.0. The van der Waals surface area contributed by atoms with Gasteiger partial charge in [-0.3, -0.25) is 4.98 Å². The van der Waals surface area contributed by atoms with Crippen molar-refractivity contribution in [3.8, 4) is 11.1 Å². The molecule has 0 unspecified atom stereocenters. The Bertz CT molecular complexity index is 849. The first kappa shape index (κ1) is 17.3. The van der Waals surface area contributed by atoms with Crippen molar-refractivity contribution in [1.82, 2.24) is 4.98 Å². The lowest BCUT2D eigenvalue weighted by Gasteiger charge is -2.09. The summed E-state index contributed by atoms with van der Waals surface area (Å²) in [5, 5.41) is 8.22. The summed E-state index contributed by atoms with van der Waals surface area (Å²) in [6.45, 7) is 0. The molecule has 0 saturated heterocycles. The van der Waals surface area contributed by atoms with Crippen molar-refractivity contribution in [2.24, 2.45) is 0 Å². The average molecular weight is 334 g/mol. The van der Waals surface area contributed by atoms with E-state index in [1.54, 1.807) is 6.20 Å². The quantitative estimate of drug-likeness (QED) is 0.657. The normalized spacial score (nSPS) is 10.8. The molecule has 3 N–H and O–H groups in total. The lowest BCUT2D eigenvalue weighted by molar-refractivity contribution is -0.192. The lowest BCUT2D eigenvalue weighted by atomic mass is 9.99. The monoisotopic (exact) mass is 334 g/mol. The number of rotatable bonds is 1. The van der Waals surface area contributed by atoms with Crippen molar-refractivity contribution >= 4 is 22.6 Å². The van der Waals surface area contributed by atoms with Crippen LogP contribution in [0.15, 0.2) is 60.8 Å². The average Bonchev–Trinajstić information content (AvgIpc) is 2.55. The van der Waals surface area contributed by atoms with Gasteiger partial charge in [-0.15, -0.1) is 0 Å². The summed E-state index contributed by atoms with van der Waals surface area (Å²) in [7, 11) is 0. The number of nitrogen functional groups attached to an aromatic ring is 1. The second-order valence-electron chi connectivity index (χ2n) is 4.77. The smallest absolute Gasteiger partial charge is 0.475 e. The van der Waals surface area contributed by atoms with Crippen LogP contribution >= 0.6 is 0 Å². The number of anilines is 1. The first-order chi connectivity index (χ1) is 11.3. The van der Waals surface area contributed by atoms with E-state index >= 15 is 0 Å². The second kappa shape index (κ2) is 6.99. The van der Waals surface area contributed by atoms with E-state index in [-0.39, 0.29) is 0 Å². The zero-order valence-electron chi connectivity index (χ0n) is 12.3. The van der Waals surface area contributed by atoms with Gasteiger partial charge in [0.25, 0.3) is 0 Å². The zero-order chi connectivity index (χ0) is 17.7. The molecule has 0 fully saturated rings. The molecule has 124 valence electrons. The lowest BCUT2D eigenvalue weighted by Crippen LogP contribution is -2.21. The minimum absolute atomic E-state index is 0.789. The van der Waals surface area contributed by atoms with Gasteiger partial charge in [0.1, 0.15) is 0 Å². The molecule has 0 saturated carbocycles. The van der Waals surface area contributed by atoms with E-state index in [1.807, 2.05) is 36.4 Å². The Morgan fingerprint density at radius 1 is 1.00 bits per heavy atom. The molecule has 7 heteroatoms. The van der Waals surface area contributed by atoms with Crippen molar-refractivity contribution in [2.45, 2.75) is 6.18 Å². The maximum absolute atomic E-state index is 10.6. The number of halogens is 3. The number of carboxylic acid groups (broad SMARTS) is 1. The summed E-state index contributed by atoms with van der Waals surface area (Å²) in [4.78, 5) is 13.2. The molecular weight excluding hydrogens is 321 g/mol. The Hall–Kier alpha value is -3.09. The Balaban J connectivity index is 0.000000256. The first-order valence-electron chi connectivity index (χ1n) is 6.79. The Kier molecular flexibility index (Phi) is 5.03. The zero-order valence-corrected chi connectivity index (χ0v) is 12.3. The van der Waals surface area contributed by atoms with Gasteiger partial charge in [-0.1, -0.05) is 36.4 Å². The van der Waals surface area contributed by atoms with Gasteiger partial charge in [0.05, 0.1) is 5.52 Å². The van der Waals surface area contributed by atoms with Crippen LogP contribution in [0.4, 0.5) is 18.9 Å². The highest BCUT2D eigenvalue weighted by Gasteiger charge is 2.38. The Morgan fingerprint density at radius 3 is 2.21 bits per heavy atom. The number of hydrogen-bond acceptors (Lipinski definition) is 3. The second-order valence-corrected chi connectivity index (χ2v) is 4.77. The number of aromatic nitrogens is 1. The summed E-state index contributed by atoms with van der Waals surface area (Å²) in [5.74, 6) is -2.76. The van der Waals surface area contributed by atoms with Gasteiger partial charge in [-0.05, 0) is 23.8 Å². The van der Waals surface area contributed by atoms with Gasteiger partial charge in [0.15, 0.2) is 0 Å². The van der Waals surface area contributed by atoms with E-state index in [9.17, 15) is 13.2 Å². The number of hydrogen-bond donors (Lipinski definition) is 2. The predicted octanol–water partition coefficient (Wildman–Crippen LogP) is 4.12. The molecule has 0 aliphatic rings. The molecule has 1 aromatic heterocycles. The number of carboxylic acids is 1. The maximum Gasteiger partial charge on any atom is 0.490 e. The fourth-order valence-corrected chi connectivity index (χ4v) is 2.10. The molecular formula is C17H13F3N2O2. The molecule has 3 aromatic rings. The van der Waals surface area contributed by atoms with Crippen molar-refractivity contribution in [3.05, 3.63) is 60.8 Å². The molecule has 4 nitrogen and oxygen atoms in total. The maximum atomic E-state index is 10.6. The SMILES string of the molecule is Nc1ccc2ncccc2c1-c1ccccc1.O=C(O)C(F)(F)F. The number of carbonyl (C=O) groups is 1. The van der Waals surface area contributed by atoms with E-state index in [4.69, 9.17) is 15.6 Å². The number of pyridine rings is 1. The van der Waals surface area contributed by atoms with Gasteiger partial charge in [-0.2, -0.15) is 13.2 Å². The van der Waals surface area contributed by atoms with E-state index in [1.165, 1.54) is 0 Å². The highest BCUT2D eigenvalue weighted by molar-refractivity contribution is 6.00.